The number of aromatic nitrogens is 1. The first kappa shape index (κ1) is 14.2. The van der Waals surface area contributed by atoms with Gasteiger partial charge in [0.15, 0.2) is 0 Å². The zero-order valence-electron chi connectivity index (χ0n) is 9.99. The molecular formula is C10H16ClN3O2S. The number of rotatable bonds is 5. The summed E-state index contributed by atoms with van der Waals surface area (Å²) >= 11 is 5.92. The Bertz CT molecular complexity index is 488. The van der Waals surface area contributed by atoms with E-state index in [-0.39, 0.29) is 0 Å². The Morgan fingerprint density at radius 2 is 2.12 bits per heavy atom. The number of hydrogen-bond acceptors (Lipinski definition) is 4. The highest BCUT2D eigenvalue weighted by molar-refractivity contribution is 7.88. The number of sulfonamides is 1. The maximum atomic E-state index is 11.2. The van der Waals surface area contributed by atoms with E-state index in [4.69, 9.17) is 11.6 Å². The van der Waals surface area contributed by atoms with Crippen molar-refractivity contribution in [1.82, 2.24) is 9.71 Å². The fourth-order valence-corrected chi connectivity index (χ4v) is 2.63. The van der Waals surface area contributed by atoms with Crippen LogP contribution in [0.25, 0.3) is 0 Å². The van der Waals surface area contributed by atoms with Crippen molar-refractivity contribution >= 4 is 27.3 Å². The van der Waals surface area contributed by atoms with Crippen LogP contribution >= 0.6 is 11.6 Å². The first-order valence-corrected chi connectivity index (χ1v) is 7.29. The fraction of sp³-hybridized carbons (Fsp3) is 0.500. The van der Waals surface area contributed by atoms with Gasteiger partial charge in [-0.05, 0) is 19.9 Å². The van der Waals surface area contributed by atoms with Crippen LogP contribution < -0.4 is 10.0 Å². The Morgan fingerprint density at radius 1 is 1.47 bits per heavy atom. The van der Waals surface area contributed by atoms with Gasteiger partial charge in [-0.15, -0.1) is 0 Å². The van der Waals surface area contributed by atoms with Crippen LogP contribution in [0.2, 0.25) is 5.02 Å². The lowest BCUT2D eigenvalue weighted by atomic mass is 10.1. The normalized spacial score (nSPS) is 12.5. The summed E-state index contributed by atoms with van der Waals surface area (Å²) in [6.45, 7) is 4.00. The van der Waals surface area contributed by atoms with Crippen molar-refractivity contribution in [1.29, 1.82) is 0 Å². The van der Waals surface area contributed by atoms with Crippen molar-refractivity contribution in [2.24, 2.45) is 0 Å². The molecule has 0 atom stereocenters. The van der Waals surface area contributed by atoms with E-state index in [1.165, 1.54) is 6.20 Å². The summed E-state index contributed by atoms with van der Waals surface area (Å²) in [6, 6.07) is 1.73. The maximum Gasteiger partial charge on any atom is 0.209 e. The first-order chi connectivity index (χ1) is 7.70. The molecule has 0 aliphatic heterocycles. The molecule has 1 aromatic rings. The van der Waals surface area contributed by atoms with Gasteiger partial charge in [0.2, 0.25) is 10.0 Å². The minimum Gasteiger partial charge on any atom is -0.382 e. The predicted octanol–water partition coefficient (Wildman–Crippen LogP) is 1.47. The number of pyridine rings is 1. The quantitative estimate of drug-likeness (QED) is 0.855. The first-order valence-electron chi connectivity index (χ1n) is 5.02. The predicted molar refractivity (Wildman–Crippen MR) is 69.8 cm³/mol. The molecule has 0 aliphatic carbocycles. The Hall–Kier alpha value is -0.850. The van der Waals surface area contributed by atoms with Crippen LogP contribution in [0, 0.1) is 0 Å². The third-order valence-electron chi connectivity index (χ3n) is 1.95. The molecule has 1 heterocycles. The zero-order valence-corrected chi connectivity index (χ0v) is 11.6. The minimum absolute atomic E-state index is 0.420. The SMILES string of the molecule is CC(C)(CNc1ccncc1Cl)NS(C)(=O)=O. The molecule has 1 aromatic heterocycles. The van der Waals surface area contributed by atoms with E-state index >= 15 is 0 Å². The molecule has 0 spiro atoms. The highest BCUT2D eigenvalue weighted by Crippen LogP contribution is 2.19. The Labute approximate surface area is 107 Å². The zero-order chi connectivity index (χ0) is 13.1. The molecular weight excluding hydrogens is 262 g/mol. The average Bonchev–Trinajstić information content (AvgIpc) is 2.13. The molecule has 7 heteroatoms. The van der Waals surface area contributed by atoms with Crippen molar-refractivity contribution in [2.75, 3.05) is 18.1 Å². The molecule has 0 saturated heterocycles. The van der Waals surface area contributed by atoms with Gasteiger partial charge in [-0.1, -0.05) is 11.6 Å². The van der Waals surface area contributed by atoms with E-state index in [9.17, 15) is 8.42 Å². The van der Waals surface area contributed by atoms with Crippen molar-refractivity contribution < 1.29 is 8.42 Å². The molecule has 0 bridgehead atoms. The molecule has 0 unspecified atom stereocenters. The number of nitrogens with zero attached hydrogens (tertiary/aromatic N) is 1. The largest absolute Gasteiger partial charge is 0.382 e. The third kappa shape index (κ3) is 5.34. The Balaban J connectivity index is 2.65. The van der Waals surface area contributed by atoms with Gasteiger partial charge in [-0.2, -0.15) is 0 Å². The van der Waals surface area contributed by atoms with Crippen LogP contribution in [0.3, 0.4) is 0 Å². The maximum absolute atomic E-state index is 11.2. The Morgan fingerprint density at radius 3 is 2.65 bits per heavy atom. The van der Waals surface area contributed by atoms with Gasteiger partial charge in [0.1, 0.15) is 0 Å². The van der Waals surface area contributed by atoms with E-state index in [0.29, 0.717) is 11.6 Å². The lowest BCUT2D eigenvalue weighted by molar-refractivity contribution is 0.476. The van der Waals surface area contributed by atoms with Gasteiger partial charge in [-0.25, -0.2) is 13.1 Å². The Kier molecular flexibility index (Phi) is 4.35. The van der Waals surface area contributed by atoms with Crippen LogP contribution in [0.5, 0.6) is 0 Å². The van der Waals surface area contributed by atoms with Gasteiger partial charge in [-0.3, -0.25) is 4.98 Å². The van der Waals surface area contributed by atoms with Gasteiger partial charge < -0.3 is 5.32 Å². The van der Waals surface area contributed by atoms with Crippen LogP contribution in [0.1, 0.15) is 13.8 Å². The van der Waals surface area contributed by atoms with Crippen LogP contribution in [-0.2, 0) is 10.0 Å². The number of anilines is 1. The van der Waals surface area contributed by atoms with E-state index in [2.05, 4.69) is 15.0 Å². The molecule has 96 valence electrons. The second-order valence-corrected chi connectivity index (χ2v) is 6.62. The lowest BCUT2D eigenvalue weighted by Gasteiger charge is -2.26. The standard InChI is InChI=1S/C10H16ClN3O2S/c1-10(2,14-17(3,15)16)7-13-9-4-5-12-6-8(9)11/h4-6,14H,7H2,1-3H3,(H,12,13). The summed E-state index contributed by atoms with van der Waals surface area (Å²) < 4.78 is 24.8. The van der Waals surface area contributed by atoms with Crippen LogP contribution in [0.15, 0.2) is 18.5 Å². The van der Waals surface area contributed by atoms with Gasteiger partial charge in [0.25, 0.3) is 0 Å². The smallest absolute Gasteiger partial charge is 0.209 e. The lowest BCUT2D eigenvalue weighted by Crippen LogP contribution is -2.47. The summed E-state index contributed by atoms with van der Waals surface area (Å²) in [6.07, 6.45) is 4.28. The monoisotopic (exact) mass is 277 g/mol. The third-order valence-corrected chi connectivity index (χ3v) is 3.18. The van der Waals surface area contributed by atoms with Crippen molar-refractivity contribution in [3.05, 3.63) is 23.5 Å². The van der Waals surface area contributed by atoms with E-state index in [1.807, 2.05) is 0 Å². The summed E-state index contributed by atoms with van der Waals surface area (Å²) in [5.41, 5.74) is 0.130. The highest BCUT2D eigenvalue weighted by Gasteiger charge is 2.21. The molecule has 5 nitrogen and oxygen atoms in total. The van der Waals surface area contributed by atoms with E-state index in [1.54, 1.807) is 26.1 Å². The van der Waals surface area contributed by atoms with Crippen LogP contribution in [0.4, 0.5) is 5.69 Å². The van der Waals surface area contributed by atoms with E-state index < -0.39 is 15.6 Å². The molecule has 2 N–H and O–H groups in total. The number of hydrogen-bond donors (Lipinski definition) is 2. The summed E-state index contributed by atoms with van der Waals surface area (Å²) in [5.74, 6) is 0. The fourth-order valence-electron chi connectivity index (χ4n) is 1.37. The second-order valence-electron chi connectivity index (χ2n) is 4.47. The van der Waals surface area contributed by atoms with E-state index in [0.717, 1.165) is 11.9 Å². The molecule has 0 saturated carbocycles. The summed E-state index contributed by atoms with van der Waals surface area (Å²) in [4.78, 5) is 3.87. The van der Waals surface area contributed by atoms with Crippen LogP contribution in [-0.4, -0.2) is 31.7 Å². The highest BCUT2D eigenvalue weighted by atomic mass is 35.5. The molecule has 0 amide bonds. The van der Waals surface area contributed by atoms with Crippen molar-refractivity contribution in [3.8, 4) is 0 Å². The molecule has 0 aliphatic rings. The summed E-state index contributed by atoms with van der Waals surface area (Å²) in [7, 11) is -3.23. The number of halogens is 1. The number of nitrogens with one attached hydrogen (secondary N) is 2. The average molecular weight is 278 g/mol. The van der Waals surface area contributed by atoms with Gasteiger partial charge in [0.05, 0.1) is 17.0 Å². The minimum atomic E-state index is -3.23. The second kappa shape index (κ2) is 5.20. The topological polar surface area (TPSA) is 71.1 Å². The molecule has 0 fully saturated rings. The summed E-state index contributed by atoms with van der Waals surface area (Å²) in [5, 5.41) is 3.58. The molecule has 17 heavy (non-hydrogen) atoms. The molecule has 0 aromatic carbocycles. The van der Waals surface area contributed by atoms with Gasteiger partial charge >= 0.3 is 0 Å². The van der Waals surface area contributed by atoms with Crippen molar-refractivity contribution in [3.63, 3.8) is 0 Å². The van der Waals surface area contributed by atoms with Gasteiger partial charge in [0, 0.05) is 24.5 Å². The molecule has 1 rings (SSSR count). The molecule has 0 radical (unpaired) electrons. The van der Waals surface area contributed by atoms with Crippen molar-refractivity contribution in [2.45, 2.75) is 19.4 Å².